The highest BCUT2D eigenvalue weighted by Crippen LogP contribution is 2.30. The van der Waals surface area contributed by atoms with Gasteiger partial charge < -0.3 is 11.1 Å². The molecule has 1 aromatic heterocycles. The molecular formula is C13H19N3OS. The number of thioether (sulfide) groups is 1. The third kappa shape index (κ3) is 2.96. The van der Waals surface area contributed by atoms with Crippen LogP contribution in [0.25, 0.3) is 0 Å². The topological polar surface area (TPSA) is 68.0 Å². The Labute approximate surface area is 112 Å². The summed E-state index contributed by atoms with van der Waals surface area (Å²) in [5.74, 6) is 0.935. The molecule has 98 valence electrons. The lowest BCUT2D eigenvalue weighted by Gasteiger charge is -2.20. The quantitative estimate of drug-likeness (QED) is 0.874. The van der Waals surface area contributed by atoms with Crippen molar-refractivity contribution >= 4 is 23.4 Å². The van der Waals surface area contributed by atoms with Crippen molar-refractivity contribution in [3.63, 3.8) is 0 Å². The van der Waals surface area contributed by atoms with Gasteiger partial charge in [-0.05, 0) is 30.7 Å². The van der Waals surface area contributed by atoms with Gasteiger partial charge in [-0.3, -0.25) is 4.79 Å². The minimum absolute atomic E-state index is 0.151. The molecule has 2 atom stereocenters. The van der Waals surface area contributed by atoms with Crippen LogP contribution in [0.1, 0.15) is 36.7 Å². The van der Waals surface area contributed by atoms with Crippen molar-refractivity contribution in [2.45, 2.75) is 37.5 Å². The maximum Gasteiger partial charge on any atom is 0.272 e. The maximum atomic E-state index is 12.1. The van der Waals surface area contributed by atoms with Crippen molar-refractivity contribution in [1.82, 2.24) is 10.3 Å². The van der Waals surface area contributed by atoms with Crippen molar-refractivity contribution in [2.75, 3.05) is 11.5 Å². The second-order valence-corrected chi connectivity index (χ2v) is 5.96. The molecule has 0 saturated heterocycles. The first-order valence-corrected chi connectivity index (χ1v) is 7.40. The first-order valence-electron chi connectivity index (χ1n) is 6.35. The first kappa shape index (κ1) is 13.2. The molecule has 3 N–H and O–H groups in total. The molecule has 1 aliphatic rings. The summed E-state index contributed by atoms with van der Waals surface area (Å²) in [5, 5.41) is 3.60. The predicted molar refractivity (Wildman–Crippen MR) is 75.7 cm³/mol. The zero-order valence-electron chi connectivity index (χ0n) is 10.6. The van der Waals surface area contributed by atoms with Gasteiger partial charge in [0.25, 0.3) is 5.91 Å². The Balaban J connectivity index is 2.01. The molecule has 0 aliphatic heterocycles. The predicted octanol–water partition coefficient (Wildman–Crippen LogP) is 2.07. The van der Waals surface area contributed by atoms with E-state index in [1.807, 2.05) is 11.8 Å². The number of nitrogens with zero attached hydrogens (tertiary/aromatic N) is 1. The van der Waals surface area contributed by atoms with Gasteiger partial charge in [0.1, 0.15) is 0 Å². The molecule has 0 radical (unpaired) electrons. The Kier molecular flexibility index (Phi) is 4.47. The number of anilines is 1. The van der Waals surface area contributed by atoms with E-state index in [1.54, 1.807) is 18.3 Å². The summed E-state index contributed by atoms with van der Waals surface area (Å²) in [5.41, 5.74) is 6.54. The van der Waals surface area contributed by atoms with E-state index in [-0.39, 0.29) is 11.9 Å². The monoisotopic (exact) mass is 265 g/mol. The van der Waals surface area contributed by atoms with Gasteiger partial charge in [0.05, 0.1) is 5.69 Å². The summed E-state index contributed by atoms with van der Waals surface area (Å²) >= 11 is 1.92. The Morgan fingerprint density at radius 3 is 3.17 bits per heavy atom. The zero-order chi connectivity index (χ0) is 13.0. The number of nitrogens with two attached hydrogens (primary N) is 1. The number of hydrogen-bond acceptors (Lipinski definition) is 4. The summed E-state index contributed by atoms with van der Waals surface area (Å²) < 4.78 is 0. The standard InChI is InChI=1S/C13H19N3OS/c1-2-18-11-7-3-6-10(11)16-13(17)12-9(14)5-4-8-15-12/h4-5,8,10-11H,2-3,6-7,14H2,1H3,(H,16,17). The molecule has 1 fully saturated rings. The number of carbonyl (C=O) groups excluding carboxylic acids is 1. The van der Waals surface area contributed by atoms with Crippen LogP contribution < -0.4 is 11.1 Å². The number of rotatable bonds is 4. The molecule has 1 amide bonds. The van der Waals surface area contributed by atoms with Crippen LogP contribution in [-0.4, -0.2) is 27.9 Å². The molecule has 1 aliphatic carbocycles. The van der Waals surface area contributed by atoms with Crippen LogP contribution in [0.3, 0.4) is 0 Å². The van der Waals surface area contributed by atoms with Gasteiger partial charge >= 0.3 is 0 Å². The fraction of sp³-hybridized carbons (Fsp3) is 0.538. The number of nitrogens with one attached hydrogen (secondary N) is 1. The molecule has 0 aromatic carbocycles. The molecule has 0 spiro atoms. The summed E-state index contributed by atoms with van der Waals surface area (Å²) in [4.78, 5) is 16.2. The molecule has 4 nitrogen and oxygen atoms in total. The SMILES string of the molecule is CCSC1CCCC1NC(=O)c1ncccc1N. The van der Waals surface area contributed by atoms with Crippen molar-refractivity contribution in [1.29, 1.82) is 0 Å². The Morgan fingerprint density at radius 2 is 2.44 bits per heavy atom. The van der Waals surface area contributed by atoms with Crippen LogP contribution >= 0.6 is 11.8 Å². The summed E-state index contributed by atoms with van der Waals surface area (Å²) in [6.07, 6.45) is 5.01. The Bertz CT molecular complexity index is 424. The number of aromatic nitrogens is 1. The highest BCUT2D eigenvalue weighted by atomic mass is 32.2. The second-order valence-electron chi connectivity index (χ2n) is 4.45. The summed E-state index contributed by atoms with van der Waals surface area (Å²) in [7, 11) is 0. The molecule has 2 unspecified atom stereocenters. The number of hydrogen-bond donors (Lipinski definition) is 2. The second kappa shape index (κ2) is 6.09. The lowest BCUT2D eigenvalue weighted by atomic mass is 10.2. The maximum absolute atomic E-state index is 12.1. The van der Waals surface area contributed by atoms with E-state index in [9.17, 15) is 4.79 Å². The van der Waals surface area contributed by atoms with Gasteiger partial charge in [-0.15, -0.1) is 0 Å². The molecule has 18 heavy (non-hydrogen) atoms. The van der Waals surface area contributed by atoms with Crippen LogP contribution in [0.2, 0.25) is 0 Å². The molecule has 1 aromatic rings. The Morgan fingerprint density at radius 1 is 1.61 bits per heavy atom. The van der Waals surface area contributed by atoms with Gasteiger partial charge in [-0.25, -0.2) is 4.98 Å². The molecule has 0 bridgehead atoms. The Hall–Kier alpha value is -1.23. The molecule has 2 rings (SSSR count). The van der Waals surface area contributed by atoms with E-state index >= 15 is 0 Å². The minimum atomic E-state index is -0.151. The molecular weight excluding hydrogens is 246 g/mol. The minimum Gasteiger partial charge on any atom is -0.397 e. The zero-order valence-corrected chi connectivity index (χ0v) is 11.4. The van der Waals surface area contributed by atoms with Gasteiger partial charge in [0.15, 0.2) is 5.69 Å². The van der Waals surface area contributed by atoms with Gasteiger partial charge in [-0.2, -0.15) is 11.8 Å². The van der Waals surface area contributed by atoms with E-state index < -0.39 is 0 Å². The van der Waals surface area contributed by atoms with E-state index in [2.05, 4.69) is 17.2 Å². The van der Waals surface area contributed by atoms with Crippen molar-refractivity contribution < 1.29 is 4.79 Å². The van der Waals surface area contributed by atoms with Gasteiger partial charge in [0.2, 0.25) is 0 Å². The van der Waals surface area contributed by atoms with Crippen LogP contribution in [0.4, 0.5) is 5.69 Å². The van der Waals surface area contributed by atoms with Crippen LogP contribution in [-0.2, 0) is 0 Å². The van der Waals surface area contributed by atoms with Crippen LogP contribution in [0, 0.1) is 0 Å². The largest absolute Gasteiger partial charge is 0.397 e. The van der Waals surface area contributed by atoms with Gasteiger partial charge in [0, 0.05) is 17.5 Å². The number of pyridine rings is 1. The molecule has 5 heteroatoms. The van der Waals surface area contributed by atoms with Crippen LogP contribution in [0.5, 0.6) is 0 Å². The average Bonchev–Trinajstić information content (AvgIpc) is 2.78. The fourth-order valence-corrected chi connectivity index (χ4v) is 3.55. The van der Waals surface area contributed by atoms with E-state index in [0.717, 1.165) is 12.2 Å². The van der Waals surface area contributed by atoms with Crippen molar-refractivity contribution in [3.8, 4) is 0 Å². The first-order chi connectivity index (χ1) is 8.72. The highest BCUT2D eigenvalue weighted by Gasteiger charge is 2.29. The van der Waals surface area contributed by atoms with E-state index in [1.165, 1.54) is 12.8 Å². The lowest BCUT2D eigenvalue weighted by molar-refractivity contribution is 0.0934. The van der Waals surface area contributed by atoms with Crippen molar-refractivity contribution in [3.05, 3.63) is 24.0 Å². The van der Waals surface area contributed by atoms with Crippen LogP contribution in [0.15, 0.2) is 18.3 Å². The van der Waals surface area contributed by atoms with E-state index in [4.69, 9.17) is 5.73 Å². The average molecular weight is 265 g/mol. The van der Waals surface area contributed by atoms with Gasteiger partial charge in [-0.1, -0.05) is 13.3 Å². The number of nitrogen functional groups attached to an aromatic ring is 1. The van der Waals surface area contributed by atoms with Crippen molar-refractivity contribution in [2.24, 2.45) is 0 Å². The fourth-order valence-electron chi connectivity index (χ4n) is 2.35. The smallest absolute Gasteiger partial charge is 0.272 e. The third-order valence-electron chi connectivity index (χ3n) is 3.20. The molecule has 1 heterocycles. The number of carbonyl (C=O) groups is 1. The van der Waals surface area contributed by atoms with E-state index in [0.29, 0.717) is 16.6 Å². The normalized spacial score (nSPS) is 22.9. The molecule has 1 saturated carbocycles. The third-order valence-corrected chi connectivity index (χ3v) is 4.53. The highest BCUT2D eigenvalue weighted by molar-refractivity contribution is 7.99. The lowest BCUT2D eigenvalue weighted by Crippen LogP contribution is -2.39. The number of amides is 1. The summed E-state index contributed by atoms with van der Waals surface area (Å²) in [6.45, 7) is 2.15. The summed E-state index contributed by atoms with van der Waals surface area (Å²) in [6, 6.07) is 3.69.